The van der Waals surface area contributed by atoms with E-state index in [-0.39, 0.29) is 24.3 Å². The van der Waals surface area contributed by atoms with Crippen molar-refractivity contribution in [1.82, 2.24) is 10.6 Å². The third-order valence-corrected chi connectivity index (χ3v) is 3.10. The molecule has 0 bridgehead atoms. The maximum Gasteiger partial charge on any atom is 0.242 e. The van der Waals surface area contributed by atoms with Gasteiger partial charge < -0.3 is 15.7 Å². The van der Waals surface area contributed by atoms with Crippen LogP contribution in [-0.2, 0) is 9.59 Å². The minimum Gasteiger partial charge on any atom is -0.396 e. The quantitative estimate of drug-likeness (QED) is 0.648. The molecule has 0 aromatic rings. The number of hydrogen-bond acceptors (Lipinski definition) is 3. The molecule has 0 aromatic carbocycles. The lowest BCUT2D eigenvalue weighted by Gasteiger charge is -2.22. The van der Waals surface area contributed by atoms with Gasteiger partial charge in [0, 0.05) is 18.6 Å². The van der Waals surface area contributed by atoms with Crippen LogP contribution >= 0.6 is 0 Å². The number of carbonyl (C=O) groups is 2. The van der Waals surface area contributed by atoms with E-state index in [0.29, 0.717) is 13.0 Å². The number of hydrogen-bond donors (Lipinski definition) is 3. The van der Waals surface area contributed by atoms with Gasteiger partial charge in [-0.05, 0) is 19.3 Å². The highest BCUT2D eigenvalue weighted by Crippen LogP contribution is 2.12. The molecule has 0 radical (unpaired) electrons. The Labute approximate surface area is 116 Å². The Bertz CT molecular complexity index is 298. The molecule has 0 rings (SSSR count). The van der Waals surface area contributed by atoms with Gasteiger partial charge >= 0.3 is 0 Å². The summed E-state index contributed by atoms with van der Waals surface area (Å²) in [5, 5.41) is 14.4. The molecule has 19 heavy (non-hydrogen) atoms. The molecular formula is C14H28N2O3. The molecule has 2 amide bonds. The number of amides is 2. The van der Waals surface area contributed by atoms with Gasteiger partial charge in [0.2, 0.25) is 11.8 Å². The fraction of sp³-hybridized carbons (Fsp3) is 0.857. The van der Waals surface area contributed by atoms with E-state index in [9.17, 15) is 9.59 Å². The first-order valence-corrected chi connectivity index (χ1v) is 6.91. The van der Waals surface area contributed by atoms with Crippen molar-refractivity contribution < 1.29 is 14.7 Å². The van der Waals surface area contributed by atoms with Gasteiger partial charge in [-0.2, -0.15) is 0 Å². The third-order valence-electron chi connectivity index (χ3n) is 3.10. The van der Waals surface area contributed by atoms with Gasteiger partial charge in [-0.1, -0.05) is 34.1 Å². The lowest BCUT2D eigenvalue weighted by molar-refractivity contribution is -0.133. The average molecular weight is 272 g/mol. The standard InChI is InChI=1S/C14H28N2O3/c1-6-11(7-8-17)9-15-12(18)10(2)16-13(19)14(3,4)5/h10-11,17H,6-9H2,1-5H3,(H,15,18)(H,16,19). The average Bonchev–Trinajstić information content (AvgIpc) is 2.32. The van der Waals surface area contributed by atoms with Crippen molar-refractivity contribution >= 4 is 11.8 Å². The maximum absolute atomic E-state index is 11.8. The highest BCUT2D eigenvalue weighted by atomic mass is 16.3. The van der Waals surface area contributed by atoms with E-state index in [0.717, 1.165) is 6.42 Å². The van der Waals surface area contributed by atoms with Gasteiger partial charge in [0.05, 0.1) is 0 Å². The van der Waals surface area contributed by atoms with Crippen molar-refractivity contribution in [2.45, 2.75) is 53.5 Å². The lowest BCUT2D eigenvalue weighted by atomic mass is 9.95. The maximum atomic E-state index is 11.8. The van der Waals surface area contributed by atoms with Crippen LogP contribution in [0.3, 0.4) is 0 Å². The summed E-state index contributed by atoms with van der Waals surface area (Å²) in [5.74, 6) is -0.0500. The minimum atomic E-state index is -0.543. The van der Waals surface area contributed by atoms with Gasteiger partial charge in [0.15, 0.2) is 0 Å². The van der Waals surface area contributed by atoms with Crippen molar-refractivity contribution in [2.75, 3.05) is 13.2 Å². The van der Waals surface area contributed by atoms with E-state index in [1.165, 1.54) is 0 Å². The Kier molecular flexibility index (Phi) is 7.68. The number of rotatable bonds is 7. The Morgan fingerprint density at radius 2 is 1.84 bits per heavy atom. The van der Waals surface area contributed by atoms with Crippen LogP contribution in [0.4, 0.5) is 0 Å². The molecule has 3 N–H and O–H groups in total. The first-order chi connectivity index (χ1) is 8.72. The van der Waals surface area contributed by atoms with Gasteiger partial charge in [0.1, 0.15) is 6.04 Å². The van der Waals surface area contributed by atoms with Crippen molar-refractivity contribution in [3.63, 3.8) is 0 Å². The third kappa shape index (κ3) is 7.15. The fourth-order valence-corrected chi connectivity index (χ4v) is 1.51. The normalized spacial score (nSPS) is 14.6. The van der Waals surface area contributed by atoms with Gasteiger partial charge in [0.25, 0.3) is 0 Å². The summed E-state index contributed by atoms with van der Waals surface area (Å²) < 4.78 is 0. The first-order valence-electron chi connectivity index (χ1n) is 6.91. The Morgan fingerprint density at radius 3 is 2.26 bits per heavy atom. The number of carbonyl (C=O) groups excluding carboxylic acids is 2. The predicted molar refractivity (Wildman–Crippen MR) is 75.6 cm³/mol. The van der Waals surface area contributed by atoms with Gasteiger partial charge in [-0.3, -0.25) is 9.59 Å². The minimum absolute atomic E-state index is 0.130. The molecule has 2 atom stereocenters. The zero-order chi connectivity index (χ0) is 15.1. The second-order valence-corrected chi connectivity index (χ2v) is 5.98. The van der Waals surface area contributed by atoms with E-state index < -0.39 is 11.5 Å². The highest BCUT2D eigenvalue weighted by Gasteiger charge is 2.25. The van der Waals surface area contributed by atoms with Crippen LogP contribution in [-0.4, -0.2) is 36.1 Å². The monoisotopic (exact) mass is 272 g/mol. The van der Waals surface area contributed by atoms with E-state index in [2.05, 4.69) is 10.6 Å². The molecular weight excluding hydrogens is 244 g/mol. The molecule has 0 saturated heterocycles. The van der Waals surface area contributed by atoms with E-state index in [1.807, 2.05) is 6.92 Å². The summed E-state index contributed by atoms with van der Waals surface area (Å²) in [6.07, 6.45) is 1.59. The summed E-state index contributed by atoms with van der Waals surface area (Å²) in [5.41, 5.74) is -0.503. The largest absolute Gasteiger partial charge is 0.396 e. The van der Waals surface area contributed by atoms with E-state index >= 15 is 0 Å². The van der Waals surface area contributed by atoms with Crippen LogP contribution in [0.1, 0.15) is 47.5 Å². The Hall–Kier alpha value is -1.10. The smallest absolute Gasteiger partial charge is 0.242 e. The molecule has 5 heteroatoms. The molecule has 0 saturated carbocycles. The number of aliphatic hydroxyl groups excluding tert-OH is 1. The lowest BCUT2D eigenvalue weighted by Crippen LogP contribution is -2.49. The van der Waals surface area contributed by atoms with Gasteiger partial charge in [-0.15, -0.1) is 0 Å². The van der Waals surface area contributed by atoms with Crippen molar-refractivity contribution in [3.8, 4) is 0 Å². The van der Waals surface area contributed by atoms with Crippen molar-refractivity contribution in [1.29, 1.82) is 0 Å². The van der Waals surface area contributed by atoms with Crippen LogP contribution in [0.15, 0.2) is 0 Å². The molecule has 0 fully saturated rings. The molecule has 0 aliphatic carbocycles. The molecule has 112 valence electrons. The van der Waals surface area contributed by atoms with Crippen LogP contribution in [0.25, 0.3) is 0 Å². The van der Waals surface area contributed by atoms with E-state index in [1.54, 1.807) is 27.7 Å². The second-order valence-electron chi connectivity index (χ2n) is 5.98. The molecule has 2 unspecified atom stereocenters. The summed E-state index contributed by atoms with van der Waals surface area (Å²) in [6.45, 7) is 9.78. The van der Waals surface area contributed by atoms with Crippen LogP contribution in [0.5, 0.6) is 0 Å². The summed E-state index contributed by atoms with van der Waals surface area (Å²) in [4.78, 5) is 23.6. The summed E-state index contributed by atoms with van der Waals surface area (Å²) in [7, 11) is 0. The zero-order valence-corrected chi connectivity index (χ0v) is 12.7. The van der Waals surface area contributed by atoms with Crippen molar-refractivity contribution in [2.24, 2.45) is 11.3 Å². The first kappa shape index (κ1) is 17.9. The Morgan fingerprint density at radius 1 is 1.26 bits per heavy atom. The summed E-state index contributed by atoms with van der Waals surface area (Å²) in [6, 6.07) is -0.543. The topological polar surface area (TPSA) is 78.4 Å². The number of aliphatic hydroxyl groups is 1. The molecule has 0 spiro atoms. The van der Waals surface area contributed by atoms with Crippen LogP contribution in [0.2, 0.25) is 0 Å². The van der Waals surface area contributed by atoms with Gasteiger partial charge in [-0.25, -0.2) is 0 Å². The highest BCUT2D eigenvalue weighted by molar-refractivity contribution is 5.89. The zero-order valence-electron chi connectivity index (χ0n) is 12.7. The molecule has 0 aliphatic heterocycles. The molecule has 0 heterocycles. The van der Waals surface area contributed by atoms with Crippen LogP contribution in [0, 0.1) is 11.3 Å². The fourth-order valence-electron chi connectivity index (χ4n) is 1.51. The molecule has 5 nitrogen and oxygen atoms in total. The Balaban J connectivity index is 4.17. The second kappa shape index (κ2) is 8.15. The van der Waals surface area contributed by atoms with Crippen LogP contribution < -0.4 is 10.6 Å². The number of nitrogens with one attached hydrogen (secondary N) is 2. The van der Waals surface area contributed by atoms with E-state index in [4.69, 9.17) is 5.11 Å². The summed E-state index contributed by atoms with van der Waals surface area (Å²) >= 11 is 0. The molecule has 0 aromatic heterocycles. The predicted octanol–water partition coefficient (Wildman–Crippen LogP) is 1.06. The van der Waals surface area contributed by atoms with Crippen molar-refractivity contribution in [3.05, 3.63) is 0 Å². The molecule has 0 aliphatic rings. The SMILES string of the molecule is CCC(CCO)CNC(=O)C(C)NC(=O)C(C)(C)C.